The van der Waals surface area contributed by atoms with Crippen LogP contribution in [0, 0.1) is 10.1 Å². The van der Waals surface area contributed by atoms with Crippen molar-refractivity contribution in [2.24, 2.45) is 0 Å². The summed E-state index contributed by atoms with van der Waals surface area (Å²) >= 11 is 0. The molecule has 0 aromatic heterocycles. The van der Waals surface area contributed by atoms with Gasteiger partial charge in [0.05, 0.1) is 38.4 Å². The Kier molecular flexibility index (Phi) is 6.77. The molecule has 168 valence electrons. The fourth-order valence-electron chi connectivity index (χ4n) is 3.86. The summed E-state index contributed by atoms with van der Waals surface area (Å²) in [6, 6.07) is 11.3. The van der Waals surface area contributed by atoms with Crippen molar-refractivity contribution < 1.29 is 28.7 Å². The number of nitro benzene ring substituents is 1. The highest BCUT2D eigenvalue weighted by molar-refractivity contribution is 5.95. The summed E-state index contributed by atoms with van der Waals surface area (Å²) in [6.07, 6.45) is -0.0238. The van der Waals surface area contributed by atoms with E-state index in [1.807, 2.05) is 0 Å². The number of allylic oxidation sites excluding steroid dienone is 1. The van der Waals surface area contributed by atoms with E-state index in [1.165, 1.54) is 44.4 Å². The van der Waals surface area contributed by atoms with Gasteiger partial charge in [0.15, 0.2) is 0 Å². The first kappa shape index (κ1) is 22.8. The van der Waals surface area contributed by atoms with Crippen molar-refractivity contribution in [3.63, 3.8) is 0 Å². The molecule has 32 heavy (non-hydrogen) atoms. The molecule has 1 heterocycles. The minimum Gasteiger partial charge on any atom is -0.497 e. The van der Waals surface area contributed by atoms with Crippen LogP contribution in [0.2, 0.25) is 0 Å². The average Bonchev–Trinajstić information content (AvgIpc) is 2.80. The lowest BCUT2D eigenvalue weighted by Crippen LogP contribution is -2.38. The van der Waals surface area contributed by atoms with Crippen LogP contribution in [0.15, 0.2) is 53.7 Å². The Labute approximate surface area is 185 Å². The zero-order valence-electron chi connectivity index (χ0n) is 18.3. The first-order valence-electron chi connectivity index (χ1n) is 9.84. The zero-order valence-corrected chi connectivity index (χ0v) is 18.3. The third-order valence-electron chi connectivity index (χ3n) is 5.46. The van der Waals surface area contributed by atoms with Crippen LogP contribution in [-0.4, -0.2) is 43.0 Å². The molecule has 0 saturated carbocycles. The van der Waals surface area contributed by atoms with Crippen molar-refractivity contribution in [3.05, 3.63) is 75.0 Å². The molecule has 1 unspecified atom stereocenters. The van der Waals surface area contributed by atoms with Crippen LogP contribution in [0.4, 0.5) is 5.69 Å². The van der Waals surface area contributed by atoms with E-state index < -0.39 is 16.8 Å². The van der Waals surface area contributed by atoms with Crippen molar-refractivity contribution in [2.75, 3.05) is 21.3 Å². The van der Waals surface area contributed by atoms with Crippen LogP contribution in [-0.2, 0) is 20.9 Å². The Bertz CT molecular complexity index is 1070. The fraction of sp³-hybridized carbons (Fsp3) is 0.304. The van der Waals surface area contributed by atoms with Crippen LogP contribution < -0.4 is 9.47 Å². The van der Waals surface area contributed by atoms with Crippen molar-refractivity contribution in [1.82, 2.24) is 4.90 Å². The summed E-state index contributed by atoms with van der Waals surface area (Å²) in [6.45, 7) is 1.87. The Balaban J connectivity index is 2.05. The van der Waals surface area contributed by atoms with E-state index in [9.17, 15) is 19.7 Å². The largest absolute Gasteiger partial charge is 0.497 e. The molecule has 0 aliphatic carbocycles. The minimum absolute atomic E-state index is 0.0238. The van der Waals surface area contributed by atoms with Gasteiger partial charge in [-0.05, 0) is 30.2 Å². The minimum atomic E-state index is -0.647. The molecule has 9 nitrogen and oxygen atoms in total. The van der Waals surface area contributed by atoms with Crippen LogP contribution in [0.3, 0.4) is 0 Å². The molecule has 0 N–H and O–H groups in total. The Morgan fingerprint density at radius 3 is 2.34 bits per heavy atom. The molecule has 0 saturated heterocycles. The highest BCUT2D eigenvalue weighted by atomic mass is 16.6. The standard InChI is InChI=1S/C23H24N2O7/c1-14-22(23(27)32-4)20(16-6-5-7-17(10-16)25(28)29)12-21(26)24(14)13-15-8-18(30-2)11-19(9-15)31-3/h5-11,20H,12-13H2,1-4H3. The predicted molar refractivity (Wildman–Crippen MR) is 115 cm³/mol. The van der Waals surface area contributed by atoms with Gasteiger partial charge in [-0.25, -0.2) is 4.79 Å². The number of methoxy groups -OCH3 is 3. The van der Waals surface area contributed by atoms with Gasteiger partial charge in [-0.3, -0.25) is 14.9 Å². The number of carbonyl (C=O) groups is 2. The van der Waals surface area contributed by atoms with Crippen LogP contribution in [0.5, 0.6) is 11.5 Å². The molecule has 9 heteroatoms. The molecule has 0 radical (unpaired) electrons. The third-order valence-corrected chi connectivity index (χ3v) is 5.46. The smallest absolute Gasteiger partial charge is 0.336 e. The van der Waals surface area contributed by atoms with Gasteiger partial charge in [-0.1, -0.05) is 12.1 Å². The molecule has 1 aliphatic rings. The number of ether oxygens (including phenoxy) is 3. The quantitative estimate of drug-likeness (QED) is 0.368. The number of hydrogen-bond acceptors (Lipinski definition) is 7. The van der Waals surface area contributed by atoms with Gasteiger partial charge in [0.25, 0.3) is 5.69 Å². The number of nitrogens with zero attached hydrogens (tertiary/aromatic N) is 2. The lowest BCUT2D eigenvalue weighted by molar-refractivity contribution is -0.384. The number of nitro groups is 1. The molecule has 1 amide bonds. The number of non-ortho nitro benzene ring substituents is 1. The Hall–Kier alpha value is -3.88. The molecule has 1 aliphatic heterocycles. The normalized spacial score (nSPS) is 16.1. The van der Waals surface area contributed by atoms with Crippen molar-refractivity contribution in [2.45, 2.75) is 25.8 Å². The van der Waals surface area contributed by atoms with E-state index in [2.05, 4.69) is 0 Å². The van der Waals surface area contributed by atoms with Gasteiger partial charge in [0.1, 0.15) is 11.5 Å². The second kappa shape index (κ2) is 9.51. The maximum absolute atomic E-state index is 13.1. The van der Waals surface area contributed by atoms with Crippen molar-refractivity contribution >= 4 is 17.6 Å². The van der Waals surface area contributed by atoms with Crippen LogP contribution >= 0.6 is 0 Å². The number of esters is 1. The Morgan fingerprint density at radius 1 is 1.12 bits per heavy atom. The molecular formula is C23H24N2O7. The van der Waals surface area contributed by atoms with Gasteiger partial charge in [0, 0.05) is 36.2 Å². The maximum Gasteiger partial charge on any atom is 0.336 e. The summed E-state index contributed by atoms with van der Waals surface area (Å²) in [5, 5.41) is 11.2. The number of carbonyl (C=O) groups excluding carboxylic acids is 2. The highest BCUT2D eigenvalue weighted by Crippen LogP contribution is 2.39. The van der Waals surface area contributed by atoms with Gasteiger partial charge in [-0.15, -0.1) is 0 Å². The van der Waals surface area contributed by atoms with Gasteiger partial charge >= 0.3 is 5.97 Å². The summed E-state index contributed by atoms with van der Waals surface area (Å²) in [5.41, 5.74) is 1.89. The van der Waals surface area contributed by atoms with Gasteiger partial charge < -0.3 is 19.1 Å². The van der Waals surface area contributed by atoms with E-state index in [0.29, 0.717) is 28.3 Å². The number of hydrogen-bond donors (Lipinski definition) is 0. The number of rotatable bonds is 7. The zero-order chi connectivity index (χ0) is 23.4. The van der Waals surface area contributed by atoms with Crippen molar-refractivity contribution in [3.8, 4) is 11.5 Å². The summed E-state index contributed by atoms with van der Waals surface area (Å²) in [5.74, 6) is -0.291. The van der Waals surface area contributed by atoms with E-state index in [1.54, 1.807) is 31.2 Å². The monoisotopic (exact) mass is 440 g/mol. The summed E-state index contributed by atoms with van der Waals surface area (Å²) in [4.78, 5) is 38.0. The van der Waals surface area contributed by atoms with Crippen LogP contribution in [0.25, 0.3) is 0 Å². The highest BCUT2D eigenvalue weighted by Gasteiger charge is 2.37. The van der Waals surface area contributed by atoms with E-state index >= 15 is 0 Å². The van der Waals surface area contributed by atoms with Gasteiger partial charge in [-0.2, -0.15) is 0 Å². The van der Waals surface area contributed by atoms with E-state index in [-0.39, 0.29) is 24.6 Å². The number of amides is 1. The lowest BCUT2D eigenvalue weighted by Gasteiger charge is -2.34. The molecule has 3 rings (SSSR count). The first-order chi connectivity index (χ1) is 15.3. The molecule has 2 aromatic carbocycles. The summed E-state index contributed by atoms with van der Waals surface area (Å²) < 4.78 is 15.6. The lowest BCUT2D eigenvalue weighted by atomic mass is 9.83. The average molecular weight is 440 g/mol. The second-order valence-electron chi connectivity index (χ2n) is 7.30. The van der Waals surface area contributed by atoms with Gasteiger partial charge in [0.2, 0.25) is 5.91 Å². The molecular weight excluding hydrogens is 416 g/mol. The van der Waals surface area contributed by atoms with E-state index in [0.717, 1.165) is 5.56 Å². The maximum atomic E-state index is 13.1. The summed E-state index contributed by atoms with van der Waals surface area (Å²) in [7, 11) is 4.34. The SMILES string of the molecule is COC(=O)C1=C(C)N(Cc2cc(OC)cc(OC)c2)C(=O)CC1c1cccc([N+](=O)[O-])c1. The van der Waals surface area contributed by atoms with Crippen LogP contribution in [0.1, 0.15) is 30.4 Å². The fourth-order valence-corrected chi connectivity index (χ4v) is 3.86. The van der Waals surface area contributed by atoms with Crippen molar-refractivity contribution in [1.29, 1.82) is 0 Å². The molecule has 1 atom stereocenters. The molecule has 0 fully saturated rings. The molecule has 2 aromatic rings. The molecule has 0 spiro atoms. The second-order valence-corrected chi connectivity index (χ2v) is 7.30. The molecule has 0 bridgehead atoms. The Morgan fingerprint density at radius 2 is 1.78 bits per heavy atom. The number of benzene rings is 2. The predicted octanol–water partition coefficient (Wildman–Crippen LogP) is 3.58. The third kappa shape index (κ3) is 4.56. The van der Waals surface area contributed by atoms with E-state index in [4.69, 9.17) is 14.2 Å². The topological polar surface area (TPSA) is 108 Å². The first-order valence-corrected chi connectivity index (χ1v) is 9.84.